The minimum Gasteiger partial charge on any atom is -0.341 e. The summed E-state index contributed by atoms with van der Waals surface area (Å²) in [5.41, 5.74) is 3.60. The van der Waals surface area contributed by atoms with Gasteiger partial charge in [-0.1, -0.05) is 29.8 Å². The second-order valence-electron chi connectivity index (χ2n) is 11.1. The zero-order valence-electron chi connectivity index (χ0n) is 23.9. The summed E-state index contributed by atoms with van der Waals surface area (Å²) in [6.07, 6.45) is 3.86. The third kappa shape index (κ3) is 6.16. The van der Waals surface area contributed by atoms with Crippen LogP contribution in [0.3, 0.4) is 0 Å². The first-order valence-corrected chi connectivity index (χ1v) is 14.2. The van der Waals surface area contributed by atoms with E-state index in [2.05, 4.69) is 15.7 Å². The minimum atomic E-state index is -1.95. The number of aryl methyl sites for hydroxylation is 2. The Morgan fingerprint density at radius 1 is 1.05 bits per heavy atom. The lowest BCUT2D eigenvalue weighted by Crippen LogP contribution is -2.48. The van der Waals surface area contributed by atoms with E-state index in [9.17, 15) is 18.8 Å². The summed E-state index contributed by atoms with van der Waals surface area (Å²) in [5, 5.41) is 10.1. The molecule has 0 aliphatic heterocycles. The topological polar surface area (TPSA) is 98.0 Å². The molecule has 2 aromatic heterocycles. The van der Waals surface area contributed by atoms with E-state index in [0.717, 1.165) is 27.9 Å². The van der Waals surface area contributed by atoms with E-state index in [1.54, 1.807) is 45.9 Å². The maximum atomic E-state index is 14.6. The smallest absolute Gasteiger partial charge is 0.258 e. The van der Waals surface area contributed by atoms with Crippen molar-refractivity contribution in [3.63, 3.8) is 0 Å². The Kier molecular flexibility index (Phi) is 8.06. The van der Waals surface area contributed by atoms with Crippen LogP contribution < -0.4 is 16.2 Å². The molecule has 1 aliphatic rings. The summed E-state index contributed by atoms with van der Waals surface area (Å²) >= 11 is 6.55. The van der Waals surface area contributed by atoms with Crippen LogP contribution in [-0.4, -0.2) is 37.9 Å². The predicted molar refractivity (Wildman–Crippen MR) is 162 cm³/mol. The van der Waals surface area contributed by atoms with Crippen molar-refractivity contribution >= 4 is 29.1 Å². The van der Waals surface area contributed by atoms with Crippen LogP contribution >= 0.6 is 11.6 Å². The number of hydrogen-bond acceptors (Lipinski definition) is 4. The summed E-state index contributed by atoms with van der Waals surface area (Å²) in [5.74, 6) is -1.30. The van der Waals surface area contributed by atoms with Gasteiger partial charge in [0.1, 0.15) is 6.04 Å². The fraction of sp³-hybridized carbons (Fsp3) is 0.312. The SMILES string of the molecule is Cc1cnn(C)c1-c1ccc(NC(=O)C(Cc2cc(-c3ccc(=O)n(C(C)C)c3)ccc2Cl)NC(=O)C2(F)CC2)cc1. The molecule has 10 heteroatoms. The average Bonchev–Trinajstić information content (AvgIpc) is 3.63. The zero-order chi connectivity index (χ0) is 30.2. The molecule has 1 unspecified atom stereocenters. The van der Waals surface area contributed by atoms with Gasteiger partial charge in [-0.15, -0.1) is 0 Å². The van der Waals surface area contributed by atoms with Gasteiger partial charge in [-0.2, -0.15) is 5.10 Å². The van der Waals surface area contributed by atoms with Gasteiger partial charge in [0.05, 0.1) is 11.9 Å². The first-order valence-electron chi connectivity index (χ1n) is 13.9. The largest absolute Gasteiger partial charge is 0.341 e. The molecule has 1 saturated carbocycles. The number of anilines is 1. The molecule has 8 nitrogen and oxygen atoms in total. The number of aromatic nitrogens is 3. The number of hydrogen-bond donors (Lipinski definition) is 2. The van der Waals surface area contributed by atoms with Crippen LogP contribution in [0.2, 0.25) is 5.02 Å². The summed E-state index contributed by atoms with van der Waals surface area (Å²) in [6.45, 7) is 5.83. The van der Waals surface area contributed by atoms with Crippen molar-refractivity contribution in [3.8, 4) is 22.4 Å². The quantitative estimate of drug-likeness (QED) is 0.264. The molecular weight excluding hydrogens is 557 g/mol. The Balaban J connectivity index is 1.40. The first kappa shape index (κ1) is 29.3. The number of rotatable bonds is 9. The number of carbonyl (C=O) groups is 2. The lowest BCUT2D eigenvalue weighted by atomic mass is 9.99. The summed E-state index contributed by atoms with van der Waals surface area (Å²) in [7, 11) is 1.86. The van der Waals surface area contributed by atoms with Gasteiger partial charge in [-0.25, -0.2) is 4.39 Å². The van der Waals surface area contributed by atoms with Crippen molar-refractivity contribution < 1.29 is 14.0 Å². The van der Waals surface area contributed by atoms with Crippen molar-refractivity contribution in [3.05, 3.63) is 93.5 Å². The van der Waals surface area contributed by atoms with Crippen LogP contribution in [0.15, 0.2) is 71.8 Å². The van der Waals surface area contributed by atoms with E-state index >= 15 is 0 Å². The van der Waals surface area contributed by atoms with E-state index in [-0.39, 0.29) is 30.9 Å². The highest BCUT2D eigenvalue weighted by Gasteiger charge is 2.51. The van der Waals surface area contributed by atoms with E-state index < -0.39 is 23.5 Å². The Labute approximate surface area is 248 Å². The van der Waals surface area contributed by atoms with E-state index in [1.165, 1.54) is 6.07 Å². The summed E-state index contributed by atoms with van der Waals surface area (Å²) in [4.78, 5) is 38.4. The third-order valence-corrected chi connectivity index (χ3v) is 7.93. The molecule has 1 aliphatic carbocycles. The molecule has 0 radical (unpaired) electrons. The standard InChI is InChI=1S/C32H33ClFN5O3/c1-19(2)39-18-23(8-12-28(39)40)22-7-11-26(33)24(15-22)16-27(37-31(42)32(34)13-14-32)30(41)36-25-9-5-21(6-10-25)29-20(3)17-35-38(29)4/h5-12,15,17-19,27H,13-14,16H2,1-4H3,(H,36,41)(H,37,42). The molecular formula is C32H33ClFN5O3. The molecule has 1 atom stereocenters. The van der Waals surface area contributed by atoms with Crippen LogP contribution in [-0.2, 0) is 23.1 Å². The van der Waals surface area contributed by atoms with E-state index in [4.69, 9.17) is 11.6 Å². The highest BCUT2D eigenvalue weighted by atomic mass is 35.5. The first-order chi connectivity index (χ1) is 19.9. The van der Waals surface area contributed by atoms with E-state index in [0.29, 0.717) is 16.3 Å². The number of alkyl halides is 1. The normalized spacial score (nSPS) is 14.5. The maximum Gasteiger partial charge on any atom is 0.258 e. The van der Waals surface area contributed by atoms with Crippen molar-refractivity contribution in [2.75, 3.05) is 5.32 Å². The Hall–Kier alpha value is -4.24. The number of nitrogens with zero attached hydrogens (tertiary/aromatic N) is 3. The Bertz CT molecular complexity index is 1690. The van der Waals surface area contributed by atoms with Gasteiger partial charge < -0.3 is 15.2 Å². The highest BCUT2D eigenvalue weighted by molar-refractivity contribution is 6.31. The number of halogens is 2. The van der Waals surface area contributed by atoms with Gasteiger partial charge in [-0.05, 0) is 86.2 Å². The molecule has 2 N–H and O–H groups in total. The maximum absolute atomic E-state index is 14.6. The molecule has 0 bridgehead atoms. The number of pyridine rings is 1. The molecule has 218 valence electrons. The predicted octanol–water partition coefficient (Wildman–Crippen LogP) is 5.63. The molecule has 42 heavy (non-hydrogen) atoms. The lowest BCUT2D eigenvalue weighted by Gasteiger charge is -2.21. The fourth-order valence-corrected chi connectivity index (χ4v) is 5.14. The highest BCUT2D eigenvalue weighted by Crippen LogP contribution is 2.40. The molecule has 0 saturated heterocycles. The van der Waals surface area contributed by atoms with Crippen LogP contribution in [0.1, 0.15) is 43.9 Å². The van der Waals surface area contributed by atoms with Crippen molar-refractivity contribution in [2.45, 2.75) is 57.8 Å². The lowest BCUT2D eigenvalue weighted by molar-refractivity contribution is -0.131. The molecule has 0 spiro atoms. The summed E-state index contributed by atoms with van der Waals surface area (Å²) in [6, 6.07) is 14.8. The van der Waals surface area contributed by atoms with Crippen LogP contribution in [0, 0.1) is 6.92 Å². The average molecular weight is 590 g/mol. The van der Waals surface area contributed by atoms with Crippen molar-refractivity contribution in [2.24, 2.45) is 7.05 Å². The van der Waals surface area contributed by atoms with Gasteiger partial charge >= 0.3 is 0 Å². The van der Waals surface area contributed by atoms with Gasteiger partial charge in [0, 0.05) is 48.0 Å². The summed E-state index contributed by atoms with van der Waals surface area (Å²) < 4.78 is 18.0. The van der Waals surface area contributed by atoms with Gasteiger partial charge in [-0.3, -0.25) is 19.1 Å². The van der Waals surface area contributed by atoms with Crippen LogP contribution in [0.4, 0.5) is 10.1 Å². The second kappa shape index (κ2) is 11.6. The van der Waals surface area contributed by atoms with Gasteiger partial charge in [0.25, 0.3) is 11.5 Å². The van der Waals surface area contributed by atoms with Crippen LogP contribution in [0.25, 0.3) is 22.4 Å². The molecule has 2 amide bonds. The number of amides is 2. The Morgan fingerprint density at radius 3 is 2.33 bits per heavy atom. The fourth-order valence-electron chi connectivity index (χ4n) is 4.94. The monoisotopic (exact) mass is 589 g/mol. The molecule has 4 aromatic rings. The van der Waals surface area contributed by atoms with Gasteiger partial charge in [0.15, 0.2) is 5.67 Å². The van der Waals surface area contributed by atoms with E-state index in [1.807, 2.05) is 52.1 Å². The van der Waals surface area contributed by atoms with Crippen LogP contribution in [0.5, 0.6) is 0 Å². The van der Waals surface area contributed by atoms with Crippen molar-refractivity contribution in [1.29, 1.82) is 0 Å². The van der Waals surface area contributed by atoms with Gasteiger partial charge in [0.2, 0.25) is 5.91 Å². The number of carbonyl (C=O) groups excluding carboxylic acids is 2. The molecule has 1 fully saturated rings. The Morgan fingerprint density at radius 2 is 1.71 bits per heavy atom. The number of benzene rings is 2. The molecule has 5 rings (SSSR count). The second-order valence-corrected chi connectivity index (χ2v) is 11.5. The molecule has 2 aromatic carbocycles. The van der Waals surface area contributed by atoms with Crippen molar-refractivity contribution in [1.82, 2.24) is 19.7 Å². The third-order valence-electron chi connectivity index (χ3n) is 7.56. The number of nitrogens with one attached hydrogen (secondary N) is 2. The zero-order valence-corrected chi connectivity index (χ0v) is 24.7. The molecule has 2 heterocycles. The minimum absolute atomic E-state index is 0.0230.